The van der Waals surface area contributed by atoms with Gasteiger partial charge in [-0.1, -0.05) is 17.7 Å². The number of furan rings is 1. The minimum absolute atomic E-state index is 0.200. The van der Waals surface area contributed by atoms with Crippen molar-refractivity contribution in [3.8, 4) is 11.5 Å². The Kier molecular flexibility index (Phi) is 3.71. The molecule has 0 unspecified atom stereocenters. The predicted molar refractivity (Wildman–Crippen MR) is 79.3 cm³/mol. The van der Waals surface area contributed by atoms with E-state index in [1.165, 1.54) is 6.08 Å². The largest absolute Gasteiger partial charge is 0.486 e. The quantitative estimate of drug-likeness (QED) is 0.637. The molecule has 0 aliphatic carbocycles. The number of ketones is 1. The van der Waals surface area contributed by atoms with Crippen LogP contribution in [-0.2, 0) is 0 Å². The molecule has 0 saturated carbocycles. The van der Waals surface area contributed by atoms with Gasteiger partial charge >= 0.3 is 0 Å². The average Bonchev–Trinajstić information content (AvgIpc) is 2.91. The van der Waals surface area contributed by atoms with Crippen LogP contribution in [0.5, 0.6) is 11.5 Å². The Labute approximate surface area is 126 Å². The smallest absolute Gasteiger partial charge is 0.221 e. The molecule has 0 saturated heterocycles. The molecule has 1 aliphatic heterocycles. The van der Waals surface area contributed by atoms with Gasteiger partial charge < -0.3 is 13.9 Å². The highest BCUT2D eigenvalue weighted by Gasteiger charge is 2.16. The number of aryl methyl sites for hydroxylation is 1. The van der Waals surface area contributed by atoms with E-state index >= 15 is 0 Å². The van der Waals surface area contributed by atoms with Crippen molar-refractivity contribution in [2.24, 2.45) is 0 Å². The van der Waals surface area contributed by atoms with Gasteiger partial charge in [-0.3, -0.25) is 4.79 Å². The summed E-state index contributed by atoms with van der Waals surface area (Å²) in [6.07, 6.45) is 3.12. The lowest BCUT2D eigenvalue weighted by atomic mass is 10.1. The first-order chi connectivity index (χ1) is 10.1. The number of rotatable bonds is 3. The molecule has 1 aromatic heterocycles. The molecule has 3 rings (SSSR count). The Morgan fingerprint density at radius 1 is 1.24 bits per heavy atom. The predicted octanol–water partition coefficient (Wildman–Crippen LogP) is 3.91. The number of ether oxygens (including phenoxy) is 2. The first kappa shape index (κ1) is 13.8. The zero-order valence-corrected chi connectivity index (χ0v) is 12.1. The monoisotopic (exact) mass is 304 g/mol. The fourth-order valence-electron chi connectivity index (χ4n) is 2.05. The number of allylic oxidation sites excluding steroid dienone is 1. The summed E-state index contributed by atoms with van der Waals surface area (Å²) in [5.74, 6) is 1.96. The molecule has 1 aliphatic rings. The summed E-state index contributed by atoms with van der Waals surface area (Å²) in [6, 6.07) is 6.92. The van der Waals surface area contributed by atoms with Crippen molar-refractivity contribution in [3.63, 3.8) is 0 Å². The normalized spacial score (nSPS) is 13.6. The minimum atomic E-state index is -0.200. The van der Waals surface area contributed by atoms with E-state index in [0.717, 1.165) is 5.56 Å². The van der Waals surface area contributed by atoms with Crippen molar-refractivity contribution in [1.82, 2.24) is 0 Å². The third kappa shape index (κ3) is 2.95. The lowest BCUT2D eigenvalue weighted by Gasteiger charge is -2.19. The van der Waals surface area contributed by atoms with E-state index in [4.69, 9.17) is 25.5 Å². The van der Waals surface area contributed by atoms with E-state index in [2.05, 4.69) is 0 Å². The van der Waals surface area contributed by atoms with Crippen LogP contribution in [0.1, 0.15) is 21.9 Å². The molecule has 0 bridgehead atoms. The summed E-state index contributed by atoms with van der Waals surface area (Å²) in [5, 5.41) is 0.466. The number of carbonyl (C=O) groups excluding carboxylic acids is 1. The number of benzene rings is 1. The standard InChI is InChI=1S/C16H13ClO4/c1-10-2-5-14(21-10)13(18)4-3-11-8-12(17)16-15(9-11)19-6-7-20-16/h2-5,8-9H,6-7H2,1H3. The van der Waals surface area contributed by atoms with Crippen LogP contribution in [0.3, 0.4) is 0 Å². The molecule has 0 atom stereocenters. The average molecular weight is 305 g/mol. The number of hydrogen-bond acceptors (Lipinski definition) is 4. The molecule has 1 aromatic carbocycles. The van der Waals surface area contributed by atoms with Gasteiger partial charge in [0.25, 0.3) is 0 Å². The lowest BCUT2D eigenvalue weighted by molar-refractivity contribution is 0.102. The van der Waals surface area contributed by atoms with Crippen LogP contribution in [0.2, 0.25) is 5.02 Å². The lowest BCUT2D eigenvalue weighted by Crippen LogP contribution is -2.15. The molecule has 5 heteroatoms. The van der Waals surface area contributed by atoms with Crippen molar-refractivity contribution in [1.29, 1.82) is 0 Å². The van der Waals surface area contributed by atoms with Gasteiger partial charge in [-0.05, 0) is 42.8 Å². The maximum absolute atomic E-state index is 11.9. The number of fused-ring (bicyclic) bond motifs is 1. The molecular formula is C16H13ClO4. The van der Waals surface area contributed by atoms with Crippen LogP contribution in [0.25, 0.3) is 6.08 Å². The summed E-state index contributed by atoms with van der Waals surface area (Å²) < 4.78 is 16.2. The highest BCUT2D eigenvalue weighted by Crippen LogP contribution is 2.38. The SMILES string of the molecule is Cc1ccc(C(=O)C=Cc2cc(Cl)c3c(c2)OCCO3)o1. The van der Waals surface area contributed by atoms with E-state index in [9.17, 15) is 4.79 Å². The van der Waals surface area contributed by atoms with E-state index in [-0.39, 0.29) is 5.78 Å². The first-order valence-corrected chi connectivity index (χ1v) is 6.89. The van der Waals surface area contributed by atoms with E-state index in [0.29, 0.717) is 41.3 Å². The van der Waals surface area contributed by atoms with Gasteiger partial charge in [0.15, 0.2) is 17.3 Å². The maximum Gasteiger partial charge on any atom is 0.221 e. The Morgan fingerprint density at radius 2 is 2.05 bits per heavy atom. The molecular weight excluding hydrogens is 292 g/mol. The van der Waals surface area contributed by atoms with Crippen LogP contribution in [-0.4, -0.2) is 19.0 Å². The highest BCUT2D eigenvalue weighted by molar-refractivity contribution is 6.32. The molecule has 2 heterocycles. The van der Waals surface area contributed by atoms with Crippen molar-refractivity contribution in [2.75, 3.05) is 13.2 Å². The second-order valence-electron chi connectivity index (χ2n) is 4.63. The van der Waals surface area contributed by atoms with Gasteiger partial charge in [-0.2, -0.15) is 0 Å². The van der Waals surface area contributed by atoms with Crippen molar-refractivity contribution < 1.29 is 18.7 Å². The fourth-order valence-corrected chi connectivity index (χ4v) is 2.32. The minimum Gasteiger partial charge on any atom is -0.486 e. The van der Waals surface area contributed by atoms with Crippen molar-refractivity contribution in [2.45, 2.75) is 6.92 Å². The van der Waals surface area contributed by atoms with Gasteiger partial charge in [-0.25, -0.2) is 0 Å². The molecule has 0 spiro atoms. The van der Waals surface area contributed by atoms with Gasteiger partial charge in [0.1, 0.15) is 19.0 Å². The zero-order chi connectivity index (χ0) is 14.8. The van der Waals surface area contributed by atoms with Gasteiger partial charge in [-0.15, -0.1) is 0 Å². The molecule has 108 valence electrons. The Morgan fingerprint density at radius 3 is 2.81 bits per heavy atom. The second-order valence-corrected chi connectivity index (χ2v) is 5.04. The Bertz CT molecular complexity index is 715. The van der Waals surface area contributed by atoms with Crippen LogP contribution in [0.4, 0.5) is 0 Å². The molecule has 0 fully saturated rings. The summed E-state index contributed by atoms with van der Waals surface area (Å²) in [5.41, 5.74) is 0.765. The third-order valence-electron chi connectivity index (χ3n) is 3.03. The van der Waals surface area contributed by atoms with Crippen LogP contribution in [0.15, 0.2) is 34.8 Å². The van der Waals surface area contributed by atoms with E-state index in [1.807, 2.05) is 0 Å². The van der Waals surface area contributed by atoms with Crippen molar-refractivity contribution in [3.05, 3.63) is 52.4 Å². The second kappa shape index (κ2) is 5.66. The number of carbonyl (C=O) groups is 1. The topological polar surface area (TPSA) is 48.7 Å². The van der Waals surface area contributed by atoms with Gasteiger partial charge in [0.2, 0.25) is 5.78 Å². The first-order valence-electron chi connectivity index (χ1n) is 6.51. The molecule has 0 N–H and O–H groups in total. The van der Waals surface area contributed by atoms with E-state index in [1.54, 1.807) is 37.3 Å². The highest BCUT2D eigenvalue weighted by atomic mass is 35.5. The maximum atomic E-state index is 11.9. The summed E-state index contributed by atoms with van der Waals surface area (Å²) in [4.78, 5) is 11.9. The van der Waals surface area contributed by atoms with E-state index < -0.39 is 0 Å². The van der Waals surface area contributed by atoms with Gasteiger partial charge in [0, 0.05) is 0 Å². The Hall–Kier alpha value is -2.20. The molecule has 0 amide bonds. The number of halogens is 1. The molecule has 21 heavy (non-hydrogen) atoms. The van der Waals surface area contributed by atoms with Crippen LogP contribution >= 0.6 is 11.6 Å². The summed E-state index contributed by atoms with van der Waals surface area (Å²) in [6.45, 7) is 2.76. The molecule has 2 aromatic rings. The van der Waals surface area contributed by atoms with Crippen LogP contribution in [0, 0.1) is 6.92 Å². The zero-order valence-electron chi connectivity index (χ0n) is 11.4. The summed E-state index contributed by atoms with van der Waals surface area (Å²) in [7, 11) is 0. The molecule has 4 nitrogen and oxygen atoms in total. The Balaban J connectivity index is 1.83. The van der Waals surface area contributed by atoms with Crippen LogP contribution < -0.4 is 9.47 Å². The third-order valence-corrected chi connectivity index (χ3v) is 3.31. The number of hydrogen-bond donors (Lipinski definition) is 0. The van der Waals surface area contributed by atoms with Gasteiger partial charge in [0.05, 0.1) is 5.02 Å². The van der Waals surface area contributed by atoms with Crippen molar-refractivity contribution >= 4 is 23.5 Å². The fraction of sp³-hybridized carbons (Fsp3) is 0.188. The summed E-state index contributed by atoms with van der Waals surface area (Å²) >= 11 is 6.14. The molecule has 0 radical (unpaired) electrons.